The first-order chi connectivity index (χ1) is 29.8. The fraction of sp³-hybridized carbons (Fsp3) is 0.0526. The smallest absolute Gasteiger partial charge is 0.105 e. The zero-order valence-electron chi connectivity index (χ0n) is 33.0. The summed E-state index contributed by atoms with van der Waals surface area (Å²) in [6.07, 6.45) is 8.67. The van der Waals surface area contributed by atoms with Gasteiger partial charge in [0.05, 0.1) is 22.8 Å². The third-order valence-corrected chi connectivity index (χ3v) is 13.0. The highest BCUT2D eigenvalue weighted by molar-refractivity contribution is 5.96. The number of anilines is 3. The van der Waals surface area contributed by atoms with E-state index < -0.39 is 5.41 Å². The van der Waals surface area contributed by atoms with Gasteiger partial charge in [0.25, 0.3) is 0 Å². The predicted octanol–water partition coefficient (Wildman–Crippen LogP) is 13.3. The van der Waals surface area contributed by atoms with Gasteiger partial charge in [-0.3, -0.25) is 5.32 Å². The van der Waals surface area contributed by atoms with Crippen LogP contribution in [0, 0.1) is 0 Å². The lowest BCUT2D eigenvalue weighted by molar-refractivity contribution is 0.461. The van der Waals surface area contributed by atoms with Crippen LogP contribution in [0.1, 0.15) is 39.5 Å². The Morgan fingerprint density at radius 1 is 0.433 bits per heavy atom. The molecule has 3 nitrogen and oxygen atoms in total. The quantitative estimate of drug-likeness (QED) is 0.183. The van der Waals surface area contributed by atoms with Gasteiger partial charge < -0.3 is 10.2 Å². The van der Waals surface area contributed by atoms with Crippen molar-refractivity contribution in [3.05, 3.63) is 263 Å². The summed E-state index contributed by atoms with van der Waals surface area (Å²) in [4.78, 5) is 2.44. The molecular weight excluding hydrogens is 727 g/mol. The first-order valence-electron chi connectivity index (χ1n) is 20.9. The highest BCUT2D eigenvalue weighted by Gasteiger charge is 2.51. The normalized spacial score (nSPS) is 17.6. The van der Waals surface area contributed by atoms with Crippen molar-refractivity contribution >= 4 is 22.8 Å². The summed E-state index contributed by atoms with van der Waals surface area (Å²) in [6, 6.07) is 73.8. The van der Waals surface area contributed by atoms with Crippen LogP contribution in [-0.4, -0.2) is 6.04 Å². The average molecular weight is 768 g/mol. The van der Waals surface area contributed by atoms with Gasteiger partial charge in [0.15, 0.2) is 0 Å². The van der Waals surface area contributed by atoms with E-state index in [4.69, 9.17) is 0 Å². The van der Waals surface area contributed by atoms with Crippen LogP contribution in [0.25, 0.3) is 39.1 Å². The van der Waals surface area contributed by atoms with Crippen molar-refractivity contribution in [3.63, 3.8) is 0 Å². The van der Waals surface area contributed by atoms with Crippen LogP contribution in [0.5, 0.6) is 0 Å². The summed E-state index contributed by atoms with van der Waals surface area (Å²) in [6.45, 7) is 0. The van der Waals surface area contributed by atoms with Crippen LogP contribution in [0.15, 0.2) is 230 Å². The Kier molecular flexibility index (Phi) is 7.97. The number of hydrogen-bond donors (Lipinski definition) is 2. The van der Waals surface area contributed by atoms with E-state index in [0.717, 1.165) is 5.69 Å². The highest BCUT2D eigenvalue weighted by atomic mass is 15.2. The lowest BCUT2D eigenvalue weighted by Crippen LogP contribution is -2.46. The van der Waals surface area contributed by atoms with Crippen LogP contribution in [0.3, 0.4) is 0 Å². The van der Waals surface area contributed by atoms with Crippen LogP contribution in [-0.2, 0) is 5.41 Å². The molecule has 2 aliphatic heterocycles. The molecular formula is C57H41N3. The minimum absolute atomic E-state index is 0.0745. The van der Waals surface area contributed by atoms with E-state index in [-0.39, 0.29) is 12.2 Å². The maximum Gasteiger partial charge on any atom is 0.105 e. The number of hydrogen-bond acceptors (Lipinski definition) is 3. The van der Waals surface area contributed by atoms with E-state index in [9.17, 15) is 0 Å². The van der Waals surface area contributed by atoms with Gasteiger partial charge in [-0.1, -0.05) is 194 Å². The average Bonchev–Trinajstić information content (AvgIpc) is 3.62. The fourth-order valence-electron chi connectivity index (χ4n) is 10.4. The van der Waals surface area contributed by atoms with E-state index in [1.165, 1.54) is 89.4 Å². The molecule has 2 atom stereocenters. The van der Waals surface area contributed by atoms with E-state index in [2.05, 4.69) is 240 Å². The first kappa shape index (κ1) is 34.6. The summed E-state index contributed by atoms with van der Waals surface area (Å²) in [5.41, 5.74) is 20.6. The topological polar surface area (TPSA) is 27.3 Å². The number of fused-ring (bicyclic) bond motifs is 10. The summed E-state index contributed by atoms with van der Waals surface area (Å²) >= 11 is 0. The summed E-state index contributed by atoms with van der Waals surface area (Å²) in [7, 11) is 0. The number of allylic oxidation sites excluding steroid dienone is 2. The summed E-state index contributed by atoms with van der Waals surface area (Å²) in [5.74, 6) is 0. The molecule has 0 saturated carbocycles. The molecule has 2 aliphatic carbocycles. The Labute approximate surface area is 351 Å². The Morgan fingerprint density at radius 3 is 1.77 bits per heavy atom. The lowest BCUT2D eigenvalue weighted by atomic mass is 9.64. The minimum atomic E-state index is -0.491. The van der Waals surface area contributed by atoms with Crippen molar-refractivity contribution in [3.8, 4) is 33.4 Å². The SMILES string of the molecule is C1=CC2=C(c3ccccc3)NC(c3ccccc3-c3ccc(-c4ccc5c(c4)C4(c6ccccc6-5)c5ccccc5N(c5ccccc5)c5ccccc54)cc3)NC2C=C1. The number of nitrogens with one attached hydrogen (secondary N) is 2. The molecule has 1 spiro atoms. The van der Waals surface area contributed by atoms with Gasteiger partial charge >= 0.3 is 0 Å². The molecule has 2 heterocycles. The molecule has 0 saturated heterocycles. The van der Waals surface area contributed by atoms with Gasteiger partial charge in [-0.25, -0.2) is 0 Å². The van der Waals surface area contributed by atoms with E-state index in [1.807, 2.05) is 0 Å². The third kappa shape index (κ3) is 5.19. The maximum atomic E-state index is 3.90. The molecule has 4 aliphatic rings. The first-order valence-corrected chi connectivity index (χ1v) is 20.9. The molecule has 0 bridgehead atoms. The van der Waals surface area contributed by atoms with E-state index >= 15 is 0 Å². The Morgan fingerprint density at radius 2 is 1.02 bits per heavy atom. The fourth-order valence-corrected chi connectivity index (χ4v) is 10.4. The summed E-state index contributed by atoms with van der Waals surface area (Å²) in [5, 5.41) is 7.79. The Balaban J connectivity index is 0.958. The van der Waals surface area contributed by atoms with Crippen LogP contribution in [0.2, 0.25) is 0 Å². The molecule has 0 aromatic heterocycles. The molecule has 0 fully saturated rings. The van der Waals surface area contributed by atoms with Crippen molar-refractivity contribution in [2.45, 2.75) is 17.6 Å². The number of benzene rings is 8. The maximum absolute atomic E-state index is 3.90. The monoisotopic (exact) mass is 767 g/mol. The molecule has 3 heteroatoms. The predicted molar refractivity (Wildman–Crippen MR) is 247 cm³/mol. The second kappa shape index (κ2) is 13.8. The van der Waals surface area contributed by atoms with Crippen LogP contribution >= 0.6 is 0 Å². The third-order valence-electron chi connectivity index (χ3n) is 13.0. The van der Waals surface area contributed by atoms with Crippen molar-refractivity contribution in [1.29, 1.82) is 0 Å². The van der Waals surface area contributed by atoms with Crippen molar-refractivity contribution < 1.29 is 0 Å². The largest absolute Gasteiger partial charge is 0.365 e. The molecule has 2 unspecified atom stereocenters. The highest BCUT2D eigenvalue weighted by Crippen LogP contribution is 2.63. The van der Waals surface area contributed by atoms with Gasteiger partial charge in [0.2, 0.25) is 0 Å². The number of rotatable bonds is 5. The van der Waals surface area contributed by atoms with Crippen molar-refractivity contribution in [2.75, 3.05) is 4.90 Å². The second-order valence-electron chi connectivity index (χ2n) is 16.1. The lowest BCUT2D eigenvalue weighted by Gasteiger charge is -2.45. The summed E-state index contributed by atoms with van der Waals surface area (Å²) < 4.78 is 0. The van der Waals surface area contributed by atoms with E-state index in [1.54, 1.807) is 0 Å². The van der Waals surface area contributed by atoms with Crippen LogP contribution in [0.4, 0.5) is 17.1 Å². The minimum Gasteiger partial charge on any atom is -0.365 e. The zero-order valence-corrected chi connectivity index (χ0v) is 33.0. The Hall–Kier alpha value is -7.46. The molecule has 284 valence electrons. The molecule has 60 heavy (non-hydrogen) atoms. The van der Waals surface area contributed by atoms with Gasteiger partial charge in [0.1, 0.15) is 6.17 Å². The molecule has 0 radical (unpaired) electrons. The van der Waals surface area contributed by atoms with Gasteiger partial charge in [-0.15, -0.1) is 0 Å². The van der Waals surface area contributed by atoms with Gasteiger partial charge in [-0.2, -0.15) is 0 Å². The zero-order chi connectivity index (χ0) is 39.6. The molecule has 8 aromatic rings. The molecule has 2 N–H and O–H groups in total. The standard InChI is InChI=1S/C57H41N3/c1-3-17-40(18-4-1)55-47-24-10-14-28-52(47)58-56(59-55)46-23-8-7-21-43(46)39-33-31-38(32-34-39)41-35-36-45-44-22-9-11-25-48(44)57(51(45)37-41)49-26-12-15-29-53(49)60(42-19-5-2-6-20-42)54-30-16-13-27-50(54)57/h1-37,52,56,58-59H. The molecule has 8 aromatic carbocycles. The molecule has 12 rings (SSSR count). The second-order valence-corrected chi connectivity index (χ2v) is 16.1. The Bertz CT molecular complexity index is 3000. The van der Waals surface area contributed by atoms with E-state index in [0.29, 0.717) is 0 Å². The van der Waals surface area contributed by atoms with Crippen molar-refractivity contribution in [2.24, 2.45) is 0 Å². The van der Waals surface area contributed by atoms with Crippen LogP contribution < -0.4 is 15.5 Å². The number of nitrogens with zero attached hydrogens (tertiary/aromatic N) is 1. The number of para-hydroxylation sites is 3. The van der Waals surface area contributed by atoms with Gasteiger partial charge in [0, 0.05) is 11.4 Å². The van der Waals surface area contributed by atoms with Gasteiger partial charge in [-0.05, 0) is 103 Å². The molecule has 0 amide bonds. The van der Waals surface area contributed by atoms with Crippen molar-refractivity contribution in [1.82, 2.24) is 10.6 Å².